The molecular weight excluding hydrogens is 350 g/mol. The Bertz CT molecular complexity index is 630. The summed E-state index contributed by atoms with van der Waals surface area (Å²) in [5.41, 5.74) is 3.43. The van der Waals surface area contributed by atoms with Gasteiger partial charge in [-0.15, -0.1) is 0 Å². The maximum absolute atomic E-state index is 6.17. The van der Waals surface area contributed by atoms with Crippen molar-refractivity contribution in [2.75, 3.05) is 13.7 Å². The fourth-order valence-electron chi connectivity index (χ4n) is 2.33. The van der Waals surface area contributed by atoms with Crippen molar-refractivity contribution < 1.29 is 4.74 Å². The van der Waals surface area contributed by atoms with Crippen molar-refractivity contribution in [3.8, 4) is 5.75 Å². The van der Waals surface area contributed by atoms with Gasteiger partial charge < -0.3 is 10.1 Å². The second-order valence-electron chi connectivity index (χ2n) is 4.89. The lowest BCUT2D eigenvalue weighted by molar-refractivity contribution is 0.404. The molecule has 1 N–H and O–H groups in total. The molecule has 2 aromatic rings. The number of hydrogen-bond acceptors (Lipinski definition) is 2. The van der Waals surface area contributed by atoms with E-state index in [1.54, 1.807) is 7.11 Å². The molecule has 0 spiro atoms. The molecule has 2 aromatic carbocycles. The molecule has 0 radical (unpaired) electrons. The highest BCUT2D eigenvalue weighted by molar-refractivity contribution is 9.10. The predicted molar refractivity (Wildman–Crippen MR) is 92.4 cm³/mol. The average Bonchev–Trinajstić information content (AvgIpc) is 2.48. The van der Waals surface area contributed by atoms with E-state index in [-0.39, 0.29) is 6.04 Å². The zero-order chi connectivity index (χ0) is 15.4. The number of halogens is 2. The molecule has 0 bridgehead atoms. The quantitative estimate of drug-likeness (QED) is 0.791. The van der Waals surface area contributed by atoms with Gasteiger partial charge in [-0.2, -0.15) is 0 Å². The van der Waals surface area contributed by atoms with E-state index in [4.69, 9.17) is 16.3 Å². The van der Waals surface area contributed by atoms with Crippen molar-refractivity contribution in [3.63, 3.8) is 0 Å². The molecule has 0 aliphatic carbocycles. The maximum atomic E-state index is 6.17. The van der Waals surface area contributed by atoms with E-state index >= 15 is 0 Å². The standard InChI is InChI=1S/C17H19BrClNO/c1-4-20-17(12-6-5-11(2)15(18)9-12)14-10-13(19)7-8-16(14)21-3/h5-10,17,20H,4H2,1-3H3. The minimum Gasteiger partial charge on any atom is -0.496 e. The summed E-state index contributed by atoms with van der Waals surface area (Å²) in [6.07, 6.45) is 0. The molecule has 0 fully saturated rings. The Balaban J connectivity index is 2.52. The van der Waals surface area contributed by atoms with Crippen LogP contribution in [0.1, 0.15) is 29.7 Å². The summed E-state index contributed by atoms with van der Waals surface area (Å²) in [5.74, 6) is 0.835. The number of nitrogens with one attached hydrogen (secondary N) is 1. The third-order valence-corrected chi connectivity index (χ3v) is 4.53. The van der Waals surface area contributed by atoms with Crippen LogP contribution >= 0.6 is 27.5 Å². The van der Waals surface area contributed by atoms with Crippen LogP contribution in [0.15, 0.2) is 40.9 Å². The van der Waals surface area contributed by atoms with Crippen LogP contribution in [0.3, 0.4) is 0 Å². The van der Waals surface area contributed by atoms with E-state index in [2.05, 4.69) is 53.3 Å². The van der Waals surface area contributed by atoms with Gasteiger partial charge in [-0.25, -0.2) is 0 Å². The molecule has 2 rings (SSSR count). The second kappa shape index (κ2) is 7.30. The first kappa shape index (κ1) is 16.3. The van der Waals surface area contributed by atoms with Crippen molar-refractivity contribution in [1.82, 2.24) is 5.32 Å². The van der Waals surface area contributed by atoms with Crippen LogP contribution in [-0.4, -0.2) is 13.7 Å². The number of rotatable bonds is 5. The number of methoxy groups -OCH3 is 1. The highest BCUT2D eigenvalue weighted by Crippen LogP contribution is 2.33. The maximum Gasteiger partial charge on any atom is 0.124 e. The molecule has 1 unspecified atom stereocenters. The zero-order valence-corrected chi connectivity index (χ0v) is 14.8. The smallest absolute Gasteiger partial charge is 0.124 e. The van der Waals surface area contributed by atoms with Crippen molar-refractivity contribution >= 4 is 27.5 Å². The minimum atomic E-state index is 0.0422. The number of hydrogen-bond donors (Lipinski definition) is 1. The SMILES string of the molecule is CCNC(c1ccc(C)c(Br)c1)c1cc(Cl)ccc1OC. The summed E-state index contributed by atoms with van der Waals surface area (Å²) < 4.78 is 6.59. The molecule has 2 nitrogen and oxygen atoms in total. The summed E-state index contributed by atoms with van der Waals surface area (Å²) in [6, 6.07) is 12.1. The van der Waals surface area contributed by atoms with Gasteiger partial charge in [-0.1, -0.05) is 46.6 Å². The summed E-state index contributed by atoms with van der Waals surface area (Å²) >= 11 is 9.77. The highest BCUT2D eigenvalue weighted by atomic mass is 79.9. The first-order chi connectivity index (χ1) is 10.1. The monoisotopic (exact) mass is 367 g/mol. The van der Waals surface area contributed by atoms with Crippen LogP contribution in [0.5, 0.6) is 5.75 Å². The average molecular weight is 369 g/mol. The Morgan fingerprint density at radius 3 is 2.62 bits per heavy atom. The second-order valence-corrected chi connectivity index (χ2v) is 6.18. The molecular formula is C17H19BrClNO. The molecule has 1 atom stereocenters. The molecule has 112 valence electrons. The van der Waals surface area contributed by atoms with E-state index in [1.165, 1.54) is 11.1 Å². The number of aryl methyl sites for hydroxylation is 1. The van der Waals surface area contributed by atoms with Crippen LogP contribution in [0.25, 0.3) is 0 Å². The Kier molecular flexibility index (Phi) is 5.68. The van der Waals surface area contributed by atoms with Gasteiger partial charge >= 0.3 is 0 Å². The fourth-order valence-corrected chi connectivity index (χ4v) is 2.91. The Labute approximate surface area is 139 Å². The van der Waals surface area contributed by atoms with Crippen LogP contribution in [0, 0.1) is 6.92 Å². The van der Waals surface area contributed by atoms with Gasteiger partial charge in [0.15, 0.2) is 0 Å². The van der Waals surface area contributed by atoms with Crippen LogP contribution in [0.4, 0.5) is 0 Å². The molecule has 0 aromatic heterocycles. The molecule has 4 heteroatoms. The molecule has 0 amide bonds. The molecule has 0 saturated heterocycles. The summed E-state index contributed by atoms with van der Waals surface area (Å²) in [7, 11) is 1.68. The van der Waals surface area contributed by atoms with Gasteiger partial charge in [0.1, 0.15) is 5.75 Å². The van der Waals surface area contributed by atoms with Crippen LogP contribution < -0.4 is 10.1 Å². The lowest BCUT2D eigenvalue weighted by atomic mass is 9.97. The van der Waals surface area contributed by atoms with Crippen molar-refractivity contribution in [2.45, 2.75) is 19.9 Å². The Morgan fingerprint density at radius 1 is 1.24 bits per heavy atom. The van der Waals surface area contributed by atoms with Crippen LogP contribution in [-0.2, 0) is 0 Å². The highest BCUT2D eigenvalue weighted by Gasteiger charge is 2.18. The van der Waals surface area contributed by atoms with Gasteiger partial charge in [-0.05, 0) is 48.9 Å². The van der Waals surface area contributed by atoms with E-state index in [9.17, 15) is 0 Å². The van der Waals surface area contributed by atoms with E-state index < -0.39 is 0 Å². The van der Waals surface area contributed by atoms with E-state index in [1.807, 2.05) is 18.2 Å². The zero-order valence-electron chi connectivity index (χ0n) is 12.4. The van der Waals surface area contributed by atoms with E-state index in [0.717, 1.165) is 22.3 Å². The topological polar surface area (TPSA) is 21.3 Å². The van der Waals surface area contributed by atoms with Crippen LogP contribution in [0.2, 0.25) is 5.02 Å². The van der Waals surface area contributed by atoms with Crippen molar-refractivity contribution in [2.24, 2.45) is 0 Å². The van der Waals surface area contributed by atoms with Gasteiger partial charge in [0, 0.05) is 15.1 Å². The predicted octanol–water partition coefficient (Wildman–Crippen LogP) is 5.12. The van der Waals surface area contributed by atoms with Gasteiger partial charge in [0.25, 0.3) is 0 Å². The van der Waals surface area contributed by atoms with Gasteiger partial charge in [-0.3, -0.25) is 0 Å². The molecule has 21 heavy (non-hydrogen) atoms. The first-order valence-corrected chi connectivity index (χ1v) is 8.06. The summed E-state index contributed by atoms with van der Waals surface area (Å²) in [6.45, 7) is 5.02. The number of benzene rings is 2. The third kappa shape index (κ3) is 3.79. The van der Waals surface area contributed by atoms with E-state index in [0.29, 0.717) is 5.02 Å². The van der Waals surface area contributed by atoms with Crippen molar-refractivity contribution in [1.29, 1.82) is 0 Å². The normalized spacial score (nSPS) is 12.2. The molecule has 0 aliphatic heterocycles. The Morgan fingerprint density at radius 2 is 2.00 bits per heavy atom. The fraction of sp³-hybridized carbons (Fsp3) is 0.294. The van der Waals surface area contributed by atoms with Gasteiger partial charge in [0.2, 0.25) is 0 Å². The van der Waals surface area contributed by atoms with Crippen molar-refractivity contribution in [3.05, 3.63) is 62.6 Å². The number of ether oxygens (including phenoxy) is 1. The molecule has 0 heterocycles. The summed E-state index contributed by atoms with van der Waals surface area (Å²) in [5, 5.41) is 4.21. The molecule has 0 saturated carbocycles. The largest absolute Gasteiger partial charge is 0.496 e. The first-order valence-electron chi connectivity index (χ1n) is 6.89. The third-order valence-electron chi connectivity index (χ3n) is 3.44. The molecule has 0 aliphatic rings. The summed E-state index contributed by atoms with van der Waals surface area (Å²) in [4.78, 5) is 0. The lowest BCUT2D eigenvalue weighted by Gasteiger charge is -2.22. The Hall–Kier alpha value is -1.03. The van der Waals surface area contributed by atoms with Gasteiger partial charge in [0.05, 0.1) is 13.2 Å². The lowest BCUT2D eigenvalue weighted by Crippen LogP contribution is -2.22. The minimum absolute atomic E-state index is 0.0422.